The molecule has 0 saturated heterocycles. The highest BCUT2D eigenvalue weighted by molar-refractivity contribution is 5.79. The molecule has 0 spiro atoms. The van der Waals surface area contributed by atoms with Crippen molar-refractivity contribution < 1.29 is 4.79 Å². The second kappa shape index (κ2) is 5.31. The predicted octanol–water partition coefficient (Wildman–Crippen LogP) is 0.832. The number of likely N-dealkylation sites (N-methyl/N-ethyl adjacent to an activating group) is 1. The standard InChI is InChI=1S/C12H20N4O/c1-3-14-12(17)9(2)16-8-13-6-11(16)7-15-10-4-5-10/h6,8-10,15H,3-5,7H2,1-2H3,(H,14,17). The van der Waals surface area contributed by atoms with Crippen molar-refractivity contribution in [2.24, 2.45) is 0 Å². The summed E-state index contributed by atoms with van der Waals surface area (Å²) in [6, 6.07) is 0.464. The number of nitrogens with one attached hydrogen (secondary N) is 2. The van der Waals surface area contributed by atoms with Crippen molar-refractivity contribution in [1.82, 2.24) is 20.2 Å². The molecule has 1 atom stereocenters. The third kappa shape index (κ3) is 3.06. The Morgan fingerprint density at radius 1 is 1.65 bits per heavy atom. The van der Waals surface area contributed by atoms with Crippen molar-refractivity contribution in [2.75, 3.05) is 6.54 Å². The van der Waals surface area contributed by atoms with Crippen molar-refractivity contribution in [1.29, 1.82) is 0 Å². The summed E-state index contributed by atoms with van der Waals surface area (Å²) in [5, 5.41) is 6.26. The predicted molar refractivity (Wildman–Crippen MR) is 65.5 cm³/mol. The zero-order valence-corrected chi connectivity index (χ0v) is 10.4. The van der Waals surface area contributed by atoms with Crippen LogP contribution in [0.15, 0.2) is 12.5 Å². The maximum Gasteiger partial charge on any atom is 0.242 e. The summed E-state index contributed by atoms with van der Waals surface area (Å²) in [6.07, 6.45) is 6.08. The Balaban J connectivity index is 1.98. The van der Waals surface area contributed by atoms with Gasteiger partial charge in [0, 0.05) is 25.3 Å². The van der Waals surface area contributed by atoms with Crippen LogP contribution in [0.2, 0.25) is 0 Å². The Kier molecular flexibility index (Phi) is 3.78. The Labute approximate surface area is 102 Å². The van der Waals surface area contributed by atoms with Crippen LogP contribution in [0, 0.1) is 0 Å². The van der Waals surface area contributed by atoms with Crippen molar-refractivity contribution in [2.45, 2.75) is 45.3 Å². The maximum atomic E-state index is 11.8. The number of hydrogen-bond acceptors (Lipinski definition) is 3. The van der Waals surface area contributed by atoms with E-state index in [1.165, 1.54) is 12.8 Å². The summed E-state index contributed by atoms with van der Waals surface area (Å²) >= 11 is 0. The van der Waals surface area contributed by atoms with Gasteiger partial charge in [-0.05, 0) is 26.7 Å². The first-order chi connectivity index (χ1) is 8.22. The third-order valence-corrected chi connectivity index (χ3v) is 3.04. The van der Waals surface area contributed by atoms with Crippen LogP contribution in [-0.2, 0) is 11.3 Å². The summed E-state index contributed by atoms with van der Waals surface area (Å²) in [4.78, 5) is 15.9. The fourth-order valence-electron chi connectivity index (χ4n) is 1.80. The average molecular weight is 236 g/mol. The molecule has 1 aromatic rings. The van der Waals surface area contributed by atoms with E-state index in [2.05, 4.69) is 15.6 Å². The van der Waals surface area contributed by atoms with Crippen molar-refractivity contribution in [3.63, 3.8) is 0 Å². The molecule has 1 aliphatic rings. The lowest BCUT2D eigenvalue weighted by molar-refractivity contribution is -0.123. The van der Waals surface area contributed by atoms with Gasteiger partial charge >= 0.3 is 0 Å². The van der Waals surface area contributed by atoms with Gasteiger partial charge in [0.1, 0.15) is 6.04 Å². The van der Waals surface area contributed by atoms with Gasteiger partial charge in [-0.2, -0.15) is 0 Å². The number of hydrogen-bond donors (Lipinski definition) is 2. The second-order valence-corrected chi connectivity index (χ2v) is 4.52. The van der Waals surface area contributed by atoms with Gasteiger partial charge in [0.15, 0.2) is 0 Å². The number of imidazole rings is 1. The van der Waals surface area contributed by atoms with Crippen molar-refractivity contribution in [3.05, 3.63) is 18.2 Å². The zero-order valence-electron chi connectivity index (χ0n) is 10.4. The summed E-state index contributed by atoms with van der Waals surface area (Å²) in [7, 11) is 0. The number of rotatable bonds is 6. The van der Waals surface area contributed by atoms with E-state index in [0.29, 0.717) is 12.6 Å². The van der Waals surface area contributed by atoms with Crippen LogP contribution < -0.4 is 10.6 Å². The molecule has 1 amide bonds. The van der Waals surface area contributed by atoms with Gasteiger partial charge in [0.2, 0.25) is 5.91 Å². The van der Waals surface area contributed by atoms with E-state index in [-0.39, 0.29) is 11.9 Å². The Hall–Kier alpha value is -1.36. The number of carbonyl (C=O) groups is 1. The molecule has 0 bridgehead atoms. The average Bonchev–Trinajstić information content (AvgIpc) is 3.03. The van der Waals surface area contributed by atoms with E-state index < -0.39 is 0 Å². The van der Waals surface area contributed by atoms with E-state index >= 15 is 0 Å². The van der Waals surface area contributed by atoms with E-state index in [1.807, 2.05) is 24.6 Å². The molecule has 94 valence electrons. The molecule has 1 aliphatic carbocycles. The monoisotopic (exact) mass is 236 g/mol. The highest BCUT2D eigenvalue weighted by Crippen LogP contribution is 2.19. The van der Waals surface area contributed by atoms with E-state index in [9.17, 15) is 4.79 Å². The van der Waals surface area contributed by atoms with Gasteiger partial charge in [0.25, 0.3) is 0 Å². The molecular weight excluding hydrogens is 216 g/mol. The van der Waals surface area contributed by atoms with Crippen molar-refractivity contribution in [3.8, 4) is 0 Å². The normalized spacial score (nSPS) is 16.8. The first kappa shape index (κ1) is 12.1. The number of nitrogens with zero attached hydrogens (tertiary/aromatic N) is 2. The summed E-state index contributed by atoms with van der Waals surface area (Å²) in [6.45, 7) is 5.27. The topological polar surface area (TPSA) is 59.0 Å². The zero-order chi connectivity index (χ0) is 12.3. The fourth-order valence-corrected chi connectivity index (χ4v) is 1.80. The number of aromatic nitrogens is 2. The summed E-state index contributed by atoms with van der Waals surface area (Å²) in [5.41, 5.74) is 1.07. The van der Waals surface area contributed by atoms with Crippen molar-refractivity contribution >= 4 is 5.91 Å². The van der Waals surface area contributed by atoms with Gasteiger partial charge in [0.05, 0.1) is 12.0 Å². The molecule has 5 heteroatoms. The lowest BCUT2D eigenvalue weighted by atomic mass is 10.3. The third-order valence-electron chi connectivity index (χ3n) is 3.04. The molecule has 1 fully saturated rings. The van der Waals surface area contributed by atoms with E-state index in [0.717, 1.165) is 12.2 Å². The van der Waals surface area contributed by atoms with Crippen LogP contribution in [0.3, 0.4) is 0 Å². The molecule has 2 N–H and O–H groups in total. The Bertz CT molecular complexity index is 384. The maximum absolute atomic E-state index is 11.8. The molecule has 2 rings (SSSR count). The van der Waals surface area contributed by atoms with Crippen LogP contribution in [0.5, 0.6) is 0 Å². The molecule has 1 saturated carbocycles. The van der Waals surface area contributed by atoms with Crippen LogP contribution in [0.25, 0.3) is 0 Å². The molecular formula is C12H20N4O. The summed E-state index contributed by atoms with van der Waals surface area (Å²) < 4.78 is 1.93. The Morgan fingerprint density at radius 3 is 3.06 bits per heavy atom. The fraction of sp³-hybridized carbons (Fsp3) is 0.667. The molecule has 1 unspecified atom stereocenters. The number of carbonyl (C=O) groups excluding carboxylic acids is 1. The summed E-state index contributed by atoms with van der Waals surface area (Å²) in [5.74, 6) is 0.0400. The SMILES string of the molecule is CCNC(=O)C(C)n1cncc1CNC1CC1. The van der Waals surface area contributed by atoms with Gasteiger partial charge < -0.3 is 15.2 Å². The first-order valence-corrected chi connectivity index (χ1v) is 6.24. The first-order valence-electron chi connectivity index (χ1n) is 6.24. The minimum absolute atomic E-state index is 0.0400. The van der Waals surface area contributed by atoms with Gasteiger partial charge in [-0.15, -0.1) is 0 Å². The Morgan fingerprint density at radius 2 is 2.41 bits per heavy atom. The molecule has 1 heterocycles. The minimum atomic E-state index is -0.201. The highest BCUT2D eigenvalue weighted by Gasteiger charge is 2.22. The molecule has 0 aromatic carbocycles. The highest BCUT2D eigenvalue weighted by atomic mass is 16.2. The minimum Gasteiger partial charge on any atom is -0.355 e. The molecule has 0 radical (unpaired) electrons. The molecule has 5 nitrogen and oxygen atoms in total. The van der Waals surface area contributed by atoms with Crippen LogP contribution >= 0.6 is 0 Å². The largest absolute Gasteiger partial charge is 0.355 e. The van der Waals surface area contributed by atoms with E-state index in [1.54, 1.807) is 6.33 Å². The lowest BCUT2D eigenvalue weighted by Gasteiger charge is -2.16. The lowest BCUT2D eigenvalue weighted by Crippen LogP contribution is -2.31. The molecule has 17 heavy (non-hydrogen) atoms. The van der Waals surface area contributed by atoms with Gasteiger partial charge in [-0.3, -0.25) is 4.79 Å². The second-order valence-electron chi connectivity index (χ2n) is 4.52. The number of amides is 1. The van der Waals surface area contributed by atoms with Crippen LogP contribution in [-0.4, -0.2) is 28.0 Å². The van der Waals surface area contributed by atoms with Crippen LogP contribution in [0.4, 0.5) is 0 Å². The van der Waals surface area contributed by atoms with Crippen LogP contribution in [0.1, 0.15) is 38.4 Å². The molecule has 1 aromatic heterocycles. The van der Waals surface area contributed by atoms with E-state index in [4.69, 9.17) is 0 Å². The van der Waals surface area contributed by atoms with Gasteiger partial charge in [-0.25, -0.2) is 4.98 Å². The molecule has 0 aliphatic heterocycles. The van der Waals surface area contributed by atoms with Gasteiger partial charge in [-0.1, -0.05) is 0 Å². The quantitative estimate of drug-likeness (QED) is 0.769. The smallest absolute Gasteiger partial charge is 0.242 e.